The number of methoxy groups -OCH3 is 1. The van der Waals surface area contributed by atoms with Gasteiger partial charge in [0.25, 0.3) is 0 Å². The van der Waals surface area contributed by atoms with Gasteiger partial charge < -0.3 is 10.1 Å². The van der Waals surface area contributed by atoms with E-state index in [4.69, 9.17) is 4.74 Å². The van der Waals surface area contributed by atoms with Crippen molar-refractivity contribution in [2.24, 2.45) is 0 Å². The summed E-state index contributed by atoms with van der Waals surface area (Å²) in [7, 11) is 1.37. The van der Waals surface area contributed by atoms with Crippen LogP contribution in [0.1, 0.15) is 22.8 Å². The maximum Gasteiger partial charge on any atom is 0.340 e. The van der Waals surface area contributed by atoms with E-state index in [0.717, 1.165) is 21.1 Å². The summed E-state index contributed by atoms with van der Waals surface area (Å²) in [5, 5.41) is 7.48. The highest BCUT2D eigenvalue weighted by Crippen LogP contribution is 2.31. The first-order valence-corrected chi connectivity index (χ1v) is 7.96. The fraction of sp³-hybridized carbons (Fsp3) is 0.286. The third-order valence-electron chi connectivity index (χ3n) is 2.94. The van der Waals surface area contributed by atoms with E-state index >= 15 is 0 Å². The van der Waals surface area contributed by atoms with Crippen LogP contribution in [-0.4, -0.2) is 22.9 Å². The quantitative estimate of drug-likeness (QED) is 0.752. The van der Waals surface area contributed by atoms with Crippen LogP contribution in [0.4, 0.5) is 5.69 Å². The minimum Gasteiger partial charge on any atom is -0.465 e. The van der Waals surface area contributed by atoms with Gasteiger partial charge in [0.15, 0.2) is 0 Å². The lowest BCUT2D eigenvalue weighted by Gasteiger charge is -2.13. The first kappa shape index (κ1) is 16.0. The number of hydrogen-bond acceptors (Lipinski definition) is 4. The van der Waals surface area contributed by atoms with E-state index < -0.39 is 0 Å². The standard InChI is InChI=1S/C14H15Br2N3O2/c1-3-19-8-9(7-18-19)6-17-13-11(14(20)21-2)4-10(15)5-12(13)16/h4-5,7-8,17H,3,6H2,1-2H3. The number of esters is 1. The minimum absolute atomic E-state index is 0.385. The van der Waals surface area contributed by atoms with Crippen LogP contribution < -0.4 is 5.32 Å². The van der Waals surface area contributed by atoms with E-state index in [0.29, 0.717) is 17.8 Å². The molecule has 1 N–H and O–H groups in total. The van der Waals surface area contributed by atoms with Crippen LogP contribution in [0.2, 0.25) is 0 Å². The number of rotatable bonds is 5. The summed E-state index contributed by atoms with van der Waals surface area (Å²) < 4.78 is 8.28. The predicted octanol–water partition coefficient (Wildman–Crippen LogP) is 3.83. The van der Waals surface area contributed by atoms with Gasteiger partial charge in [-0.3, -0.25) is 4.68 Å². The van der Waals surface area contributed by atoms with E-state index in [2.05, 4.69) is 42.3 Å². The average Bonchev–Trinajstić information content (AvgIpc) is 2.92. The highest BCUT2D eigenvalue weighted by Gasteiger charge is 2.16. The van der Waals surface area contributed by atoms with E-state index in [1.54, 1.807) is 12.3 Å². The summed E-state index contributed by atoms with van der Waals surface area (Å²) in [5.41, 5.74) is 2.22. The number of ether oxygens (including phenoxy) is 1. The van der Waals surface area contributed by atoms with Crippen molar-refractivity contribution in [3.8, 4) is 0 Å². The minimum atomic E-state index is -0.385. The van der Waals surface area contributed by atoms with E-state index in [9.17, 15) is 4.79 Å². The van der Waals surface area contributed by atoms with Gasteiger partial charge in [0.1, 0.15) is 0 Å². The lowest BCUT2D eigenvalue weighted by atomic mass is 10.1. The Morgan fingerprint density at radius 1 is 1.43 bits per heavy atom. The van der Waals surface area contributed by atoms with Gasteiger partial charge in [0, 0.05) is 33.8 Å². The second-order valence-corrected chi connectivity index (χ2v) is 6.13. The molecule has 0 atom stereocenters. The molecular formula is C14H15Br2N3O2. The zero-order chi connectivity index (χ0) is 15.4. The topological polar surface area (TPSA) is 56.2 Å². The maximum absolute atomic E-state index is 11.9. The van der Waals surface area contributed by atoms with Gasteiger partial charge in [-0.1, -0.05) is 15.9 Å². The molecular weight excluding hydrogens is 402 g/mol. The molecule has 0 unspecified atom stereocenters. The zero-order valence-corrected chi connectivity index (χ0v) is 14.9. The number of hydrogen-bond donors (Lipinski definition) is 1. The zero-order valence-electron chi connectivity index (χ0n) is 11.7. The molecule has 0 fully saturated rings. The molecule has 0 radical (unpaired) electrons. The summed E-state index contributed by atoms with van der Waals surface area (Å²) in [6, 6.07) is 3.61. The molecule has 0 aliphatic rings. The Labute approximate surface area is 139 Å². The third-order valence-corrected chi connectivity index (χ3v) is 4.02. The van der Waals surface area contributed by atoms with Crippen LogP contribution in [0.25, 0.3) is 0 Å². The normalized spacial score (nSPS) is 10.5. The number of anilines is 1. The Kier molecular flexibility index (Phi) is 5.41. The monoisotopic (exact) mass is 415 g/mol. The number of carbonyl (C=O) groups is 1. The second-order valence-electron chi connectivity index (χ2n) is 4.36. The summed E-state index contributed by atoms with van der Waals surface area (Å²) in [6.45, 7) is 3.44. The first-order chi connectivity index (χ1) is 10.0. The Morgan fingerprint density at radius 3 is 2.81 bits per heavy atom. The Hall–Kier alpha value is -1.34. The van der Waals surface area contributed by atoms with Crippen molar-refractivity contribution < 1.29 is 9.53 Å². The summed E-state index contributed by atoms with van der Waals surface area (Å²) in [5.74, 6) is -0.385. The number of halogens is 2. The van der Waals surface area contributed by atoms with Gasteiger partial charge in [-0.15, -0.1) is 0 Å². The number of benzene rings is 1. The predicted molar refractivity (Wildman–Crippen MR) is 88.4 cm³/mol. The molecule has 2 aromatic rings. The summed E-state index contributed by atoms with van der Waals surface area (Å²) in [6.07, 6.45) is 3.78. The van der Waals surface area contributed by atoms with Gasteiger partial charge in [-0.05, 0) is 35.0 Å². The van der Waals surface area contributed by atoms with Gasteiger partial charge >= 0.3 is 5.97 Å². The lowest BCUT2D eigenvalue weighted by Crippen LogP contribution is -2.09. The van der Waals surface area contributed by atoms with E-state index in [-0.39, 0.29) is 5.97 Å². The average molecular weight is 417 g/mol. The van der Waals surface area contributed by atoms with E-state index in [1.165, 1.54) is 7.11 Å². The van der Waals surface area contributed by atoms with Crippen molar-refractivity contribution in [3.05, 3.63) is 44.6 Å². The van der Waals surface area contributed by atoms with Crippen LogP contribution in [-0.2, 0) is 17.8 Å². The van der Waals surface area contributed by atoms with Crippen LogP contribution in [0.5, 0.6) is 0 Å². The van der Waals surface area contributed by atoms with Crippen molar-refractivity contribution in [1.82, 2.24) is 9.78 Å². The van der Waals surface area contributed by atoms with Gasteiger partial charge in [0.2, 0.25) is 0 Å². The molecule has 0 aliphatic heterocycles. The Bertz CT molecular complexity index is 656. The maximum atomic E-state index is 11.9. The molecule has 1 heterocycles. The largest absolute Gasteiger partial charge is 0.465 e. The first-order valence-electron chi connectivity index (χ1n) is 6.37. The molecule has 112 valence electrons. The van der Waals surface area contributed by atoms with Crippen LogP contribution in [0.3, 0.4) is 0 Å². The van der Waals surface area contributed by atoms with Crippen molar-refractivity contribution >= 4 is 43.5 Å². The fourth-order valence-corrected chi connectivity index (χ4v) is 3.25. The molecule has 1 aromatic carbocycles. The molecule has 0 amide bonds. The van der Waals surface area contributed by atoms with Gasteiger partial charge in [0.05, 0.1) is 24.6 Å². The van der Waals surface area contributed by atoms with Crippen molar-refractivity contribution in [1.29, 1.82) is 0 Å². The second kappa shape index (κ2) is 7.09. The molecule has 0 bridgehead atoms. The van der Waals surface area contributed by atoms with E-state index in [1.807, 2.05) is 23.9 Å². The number of carbonyl (C=O) groups excluding carboxylic acids is 1. The van der Waals surface area contributed by atoms with Crippen LogP contribution in [0.15, 0.2) is 33.5 Å². The molecule has 0 aliphatic carbocycles. The number of nitrogens with one attached hydrogen (secondary N) is 1. The van der Waals surface area contributed by atoms with Crippen molar-refractivity contribution in [3.63, 3.8) is 0 Å². The number of aromatic nitrogens is 2. The third kappa shape index (κ3) is 3.85. The molecule has 7 heteroatoms. The number of nitrogens with zero attached hydrogens (tertiary/aromatic N) is 2. The SMILES string of the molecule is CCn1cc(CNc2c(Br)cc(Br)cc2C(=O)OC)cn1. The molecule has 5 nitrogen and oxygen atoms in total. The van der Waals surface area contributed by atoms with Crippen LogP contribution >= 0.6 is 31.9 Å². The smallest absolute Gasteiger partial charge is 0.340 e. The molecule has 21 heavy (non-hydrogen) atoms. The molecule has 0 saturated heterocycles. The molecule has 2 rings (SSSR count). The lowest BCUT2D eigenvalue weighted by molar-refractivity contribution is 0.0601. The number of aryl methyl sites for hydroxylation is 1. The summed E-state index contributed by atoms with van der Waals surface area (Å²) >= 11 is 6.84. The van der Waals surface area contributed by atoms with Crippen LogP contribution in [0, 0.1) is 0 Å². The highest BCUT2D eigenvalue weighted by molar-refractivity contribution is 9.11. The van der Waals surface area contributed by atoms with Crippen molar-refractivity contribution in [2.45, 2.75) is 20.0 Å². The molecule has 0 spiro atoms. The highest BCUT2D eigenvalue weighted by atomic mass is 79.9. The molecule has 1 aromatic heterocycles. The van der Waals surface area contributed by atoms with Gasteiger partial charge in [-0.25, -0.2) is 4.79 Å². The van der Waals surface area contributed by atoms with Gasteiger partial charge in [-0.2, -0.15) is 5.10 Å². The van der Waals surface area contributed by atoms with Crippen molar-refractivity contribution in [2.75, 3.05) is 12.4 Å². The fourth-order valence-electron chi connectivity index (χ4n) is 1.89. The Balaban J connectivity index is 2.24. The summed E-state index contributed by atoms with van der Waals surface area (Å²) in [4.78, 5) is 11.9. The Morgan fingerprint density at radius 2 is 2.19 bits per heavy atom. The molecule has 0 saturated carbocycles.